The lowest BCUT2D eigenvalue weighted by Gasteiger charge is -2.32. The normalized spacial score (nSPS) is 12.5. The zero-order valence-electron chi connectivity index (χ0n) is 22.1. The topological polar surface area (TPSA) is 58.6 Å². The van der Waals surface area contributed by atoms with E-state index in [1.807, 2.05) is 94.4 Å². The Kier molecular flexibility index (Phi) is 9.69. The maximum Gasteiger partial charge on any atom is 0.243 e. The van der Waals surface area contributed by atoms with Crippen LogP contribution >= 0.6 is 0 Å². The van der Waals surface area contributed by atoms with Crippen LogP contribution in [0.25, 0.3) is 0 Å². The van der Waals surface area contributed by atoms with Crippen LogP contribution in [0, 0.1) is 13.8 Å². The first kappa shape index (κ1) is 27.0. The third-order valence-electron chi connectivity index (χ3n) is 6.40. The molecule has 0 saturated carbocycles. The Morgan fingerprint density at radius 3 is 2.19 bits per heavy atom. The molecule has 0 aliphatic rings. The molecule has 190 valence electrons. The van der Waals surface area contributed by atoms with Gasteiger partial charge in [0.1, 0.15) is 11.8 Å². The summed E-state index contributed by atoms with van der Waals surface area (Å²) in [4.78, 5) is 29.2. The van der Waals surface area contributed by atoms with Gasteiger partial charge in [-0.1, -0.05) is 78.7 Å². The van der Waals surface area contributed by atoms with Crippen molar-refractivity contribution < 1.29 is 14.3 Å². The molecule has 5 heteroatoms. The van der Waals surface area contributed by atoms with E-state index in [0.29, 0.717) is 13.0 Å². The van der Waals surface area contributed by atoms with Crippen LogP contribution in [0.2, 0.25) is 0 Å². The summed E-state index contributed by atoms with van der Waals surface area (Å²) in [6.45, 7) is 8.41. The van der Waals surface area contributed by atoms with E-state index < -0.39 is 6.04 Å². The number of hydrogen-bond acceptors (Lipinski definition) is 3. The number of benzene rings is 3. The third kappa shape index (κ3) is 7.70. The maximum absolute atomic E-state index is 13.9. The highest BCUT2D eigenvalue weighted by molar-refractivity contribution is 5.89. The van der Waals surface area contributed by atoms with Gasteiger partial charge in [-0.2, -0.15) is 0 Å². The Labute approximate surface area is 215 Å². The smallest absolute Gasteiger partial charge is 0.243 e. The molecule has 0 spiro atoms. The van der Waals surface area contributed by atoms with Gasteiger partial charge in [0.05, 0.1) is 13.5 Å². The van der Waals surface area contributed by atoms with Gasteiger partial charge in [-0.05, 0) is 56.0 Å². The van der Waals surface area contributed by atoms with Crippen molar-refractivity contribution in [1.82, 2.24) is 10.2 Å². The Hall–Kier alpha value is -3.60. The van der Waals surface area contributed by atoms with Crippen molar-refractivity contribution in [3.8, 4) is 5.75 Å². The fourth-order valence-electron chi connectivity index (χ4n) is 4.41. The van der Waals surface area contributed by atoms with E-state index in [0.717, 1.165) is 40.0 Å². The van der Waals surface area contributed by atoms with Gasteiger partial charge in [-0.15, -0.1) is 0 Å². The lowest BCUT2D eigenvalue weighted by atomic mass is 10.00. The first-order valence-electron chi connectivity index (χ1n) is 12.6. The number of rotatable bonds is 11. The Morgan fingerprint density at radius 2 is 1.56 bits per heavy atom. The van der Waals surface area contributed by atoms with Crippen LogP contribution in [-0.4, -0.2) is 35.9 Å². The molecule has 36 heavy (non-hydrogen) atoms. The minimum absolute atomic E-state index is 0.0176. The number of nitrogens with one attached hydrogen (secondary N) is 1. The fraction of sp³-hybridized carbons (Fsp3) is 0.355. The summed E-state index contributed by atoms with van der Waals surface area (Å²) < 4.78 is 5.41. The van der Waals surface area contributed by atoms with E-state index >= 15 is 0 Å². The molecular weight excluding hydrogens is 448 g/mol. The van der Waals surface area contributed by atoms with Gasteiger partial charge in [0.2, 0.25) is 11.8 Å². The van der Waals surface area contributed by atoms with Gasteiger partial charge >= 0.3 is 0 Å². The number of hydrogen-bond donors (Lipinski definition) is 1. The fourth-order valence-corrected chi connectivity index (χ4v) is 4.41. The summed E-state index contributed by atoms with van der Waals surface area (Å²) in [5.74, 6) is 0.505. The molecule has 0 aliphatic carbocycles. The van der Waals surface area contributed by atoms with Crippen molar-refractivity contribution >= 4 is 11.8 Å². The molecule has 1 N–H and O–H groups in total. The number of nitrogens with zero attached hydrogens (tertiary/aromatic N) is 1. The Morgan fingerprint density at radius 1 is 0.889 bits per heavy atom. The summed E-state index contributed by atoms with van der Waals surface area (Å²) in [7, 11) is 1.62. The van der Waals surface area contributed by atoms with Crippen LogP contribution in [0.15, 0.2) is 72.8 Å². The van der Waals surface area contributed by atoms with Crippen molar-refractivity contribution in [2.24, 2.45) is 0 Å². The SMILES string of the molecule is CC[C@@H](C)NC(=O)[C@H](Cc1ccccc1)N(Cc1cccc(OC)c1)C(=O)Cc1cc(C)cc(C)c1. The monoisotopic (exact) mass is 486 g/mol. The first-order chi connectivity index (χ1) is 17.3. The average molecular weight is 487 g/mol. The molecule has 2 amide bonds. The molecular formula is C31H38N2O3. The molecule has 5 nitrogen and oxygen atoms in total. The Bertz CT molecular complexity index is 1140. The van der Waals surface area contributed by atoms with Crippen molar-refractivity contribution in [3.63, 3.8) is 0 Å². The quantitative estimate of drug-likeness (QED) is 0.394. The molecule has 0 unspecified atom stereocenters. The maximum atomic E-state index is 13.9. The molecule has 0 saturated heterocycles. The van der Waals surface area contributed by atoms with Crippen LogP contribution in [-0.2, 0) is 29.0 Å². The van der Waals surface area contributed by atoms with E-state index in [-0.39, 0.29) is 24.3 Å². The summed E-state index contributed by atoms with van der Waals surface area (Å²) in [5.41, 5.74) is 5.11. The highest BCUT2D eigenvalue weighted by Gasteiger charge is 2.31. The van der Waals surface area contributed by atoms with E-state index in [4.69, 9.17) is 4.74 Å². The first-order valence-corrected chi connectivity index (χ1v) is 12.6. The summed E-state index contributed by atoms with van der Waals surface area (Å²) >= 11 is 0. The molecule has 0 fully saturated rings. The lowest BCUT2D eigenvalue weighted by molar-refractivity contribution is -0.141. The second kappa shape index (κ2) is 12.9. The van der Waals surface area contributed by atoms with Crippen LogP contribution in [0.5, 0.6) is 5.75 Å². The van der Waals surface area contributed by atoms with Gasteiger partial charge in [0.25, 0.3) is 0 Å². The molecule has 3 aromatic rings. The largest absolute Gasteiger partial charge is 0.497 e. The lowest BCUT2D eigenvalue weighted by Crippen LogP contribution is -2.52. The van der Waals surface area contributed by atoms with E-state index in [9.17, 15) is 9.59 Å². The number of carbonyl (C=O) groups excluding carboxylic acids is 2. The predicted octanol–water partition coefficient (Wildman–Crippen LogP) is 5.41. The minimum Gasteiger partial charge on any atom is -0.497 e. The van der Waals surface area contributed by atoms with Gasteiger partial charge in [-0.25, -0.2) is 0 Å². The molecule has 0 bridgehead atoms. The minimum atomic E-state index is -0.647. The molecule has 0 aromatic heterocycles. The van der Waals surface area contributed by atoms with Gasteiger partial charge in [0, 0.05) is 19.0 Å². The van der Waals surface area contributed by atoms with E-state index in [2.05, 4.69) is 11.4 Å². The van der Waals surface area contributed by atoms with Crippen LogP contribution in [0.4, 0.5) is 0 Å². The standard InChI is InChI=1S/C31H38N2O3/c1-6-24(4)32-31(35)29(19-25-11-8-7-9-12-25)33(21-26-13-10-14-28(18-26)36-5)30(34)20-27-16-22(2)15-23(3)17-27/h7-18,24,29H,6,19-21H2,1-5H3,(H,32,35)/t24-,29+/m1/s1. The van der Waals surface area contributed by atoms with Crippen LogP contribution in [0.3, 0.4) is 0 Å². The number of methoxy groups -OCH3 is 1. The molecule has 2 atom stereocenters. The van der Waals surface area contributed by atoms with Crippen molar-refractivity contribution in [3.05, 3.63) is 101 Å². The molecule has 0 aliphatic heterocycles. The Balaban J connectivity index is 2.00. The van der Waals surface area contributed by atoms with Gasteiger partial charge < -0.3 is 15.0 Å². The van der Waals surface area contributed by atoms with E-state index in [1.54, 1.807) is 12.0 Å². The van der Waals surface area contributed by atoms with Crippen molar-refractivity contribution in [1.29, 1.82) is 0 Å². The number of aryl methyl sites for hydroxylation is 2. The second-order valence-electron chi connectivity index (χ2n) is 9.57. The molecule has 0 heterocycles. The van der Waals surface area contributed by atoms with Crippen LogP contribution in [0.1, 0.15) is 48.1 Å². The average Bonchev–Trinajstić information content (AvgIpc) is 2.86. The van der Waals surface area contributed by atoms with Crippen LogP contribution < -0.4 is 10.1 Å². The predicted molar refractivity (Wildman–Crippen MR) is 145 cm³/mol. The van der Waals surface area contributed by atoms with Crippen molar-refractivity contribution in [2.75, 3.05) is 7.11 Å². The highest BCUT2D eigenvalue weighted by Crippen LogP contribution is 2.20. The highest BCUT2D eigenvalue weighted by atomic mass is 16.5. The summed E-state index contributed by atoms with van der Waals surface area (Å²) in [6, 6.07) is 23.1. The van der Waals surface area contributed by atoms with Crippen molar-refractivity contribution in [2.45, 2.75) is 65.6 Å². The summed E-state index contributed by atoms with van der Waals surface area (Å²) in [6.07, 6.45) is 1.48. The number of carbonyl (C=O) groups is 2. The third-order valence-corrected chi connectivity index (χ3v) is 6.40. The number of amides is 2. The van der Waals surface area contributed by atoms with Gasteiger partial charge in [0.15, 0.2) is 0 Å². The van der Waals surface area contributed by atoms with Gasteiger partial charge in [-0.3, -0.25) is 9.59 Å². The molecule has 0 radical (unpaired) electrons. The molecule has 3 aromatic carbocycles. The number of ether oxygens (including phenoxy) is 1. The summed E-state index contributed by atoms with van der Waals surface area (Å²) in [5, 5.41) is 3.12. The molecule has 3 rings (SSSR count). The second-order valence-corrected chi connectivity index (χ2v) is 9.57. The zero-order valence-corrected chi connectivity index (χ0v) is 22.1. The van der Waals surface area contributed by atoms with E-state index in [1.165, 1.54) is 0 Å². The zero-order chi connectivity index (χ0) is 26.1.